The number of hydrogen-bond donors (Lipinski definition) is 2. The molecule has 0 aromatic carbocycles. The fraction of sp³-hybridized carbons (Fsp3) is 0.875. The largest absolute Gasteiger partial charge is 0.359 e. The molecular weight excluding hydrogens is 140 g/mol. The predicted octanol–water partition coefficient (Wildman–Crippen LogP) is -0.0220. The van der Waals surface area contributed by atoms with Crippen LogP contribution >= 0.6 is 0 Å². The van der Waals surface area contributed by atoms with Gasteiger partial charge < -0.3 is 10.6 Å². The van der Waals surface area contributed by atoms with E-state index in [1.807, 2.05) is 0 Å². The van der Waals surface area contributed by atoms with Crippen LogP contribution in [0.5, 0.6) is 0 Å². The highest BCUT2D eigenvalue weighted by molar-refractivity contribution is 5.78. The molecular formula is C8H16N2O. The van der Waals surface area contributed by atoms with Crippen molar-refractivity contribution in [1.82, 2.24) is 10.6 Å². The Balaban J connectivity index is 2.47. The number of nitrogens with one attached hydrogen (secondary N) is 2. The summed E-state index contributed by atoms with van der Waals surface area (Å²) < 4.78 is 0. The molecule has 64 valence electrons. The second-order valence-corrected chi connectivity index (χ2v) is 3.19. The Kier molecular flexibility index (Phi) is 2.88. The van der Waals surface area contributed by atoms with Crippen molar-refractivity contribution in [2.24, 2.45) is 11.8 Å². The summed E-state index contributed by atoms with van der Waals surface area (Å²) in [7, 11) is 1.70. The molecule has 3 nitrogen and oxygen atoms in total. The molecule has 1 rings (SSSR count). The predicted molar refractivity (Wildman–Crippen MR) is 44.2 cm³/mol. The van der Waals surface area contributed by atoms with Crippen molar-refractivity contribution in [3.63, 3.8) is 0 Å². The van der Waals surface area contributed by atoms with Gasteiger partial charge in [-0.25, -0.2) is 0 Å². The average Bonchev–Trinajstić information content (AvgIpc) is 2.04. The monoisotopic (exact) mass is 156 g/mol. The normalized spacial score (nSPS) is 31.5. The third-order valence-electron chi connectivity index (χ3n) is 2.41. The van der Waals surface area contributed by atoms with Crippen molar-refractivity contribution < 1.29 is 4.79 Å². The SMILES string of the molecule is CNC(=O)[C@@H]1CNCC[C@@H]1C. The number of amides is 1. The van der Waals surface area contributed by atoms with E-state index in [2.05, 4.69) is 17.6 Å². The summed E-state index contributed by atoms with van der Waals surface area (Å²) in [6.45, 7) is 4.02. The summed E-state index contributed by atoms with van der Waals surface area (Å²) in [5.41, 5.74) is 0. The zero-order valence-corrected chi connectivity index (χ0v) is 7.18. The van der Waals surface area contributed by atoms with Crippen molar-refractivity contribution >= 4 is 5.91 Å². The Labute approximate surface area is 67.5 Å². The van der Waals surface area contributed by atoms with Crippen molar-refractivity contribution in [2.45, 2.75) is 13.3 Å². The molecule has 1 aliphatic heterocycles. The smallest absolute Gasteiger partial charge is 0.224 e. The van der Waals surface area contributed by atoms with Crippen LogP contribution in [0.25, 0.3) is 0 Å². The minimum Gasteiger partial charge on any atom is -0.359 e. The molecule has 0 bridgehead atoms. The first kappa shape index (κ1) is 8.53. The Morgan fingerprint density at radius 2 is 2.36 bits per heavy atom. The molecule has 0 spiro atoms. The Morgan fingerprint density at radius 1 is 1.64 bits per heavy atom. The van der Waals surface area contributed by atoms with E-state index in [0.717, 1.165) is 19.5 Å². The van der Waals surface area contributed by atoms with Gasteiger partial charge >= 0.3 is 0 Å². The maximum absolute atomic E-state index is 11.2. The highest BCUT2D eigenvalue weighted by Crippen LogP contribution is 2.17. The lowest BCUT2D eigenvalue weighted by atomic mass is 9.87. The lowest BCUT2D eigenvalue weighted by Gasteiger charge is -2.27. The van der Waals surface area contributed by atoms with Crippen molar-refractivity contribution in [3.8, 4) is 0 Å². The van der Waals surface area contributed by atoms with E-state index >= 15 is 0 Å². The summed E-state index contributed by atoms with van der Waals surface area (Å²) >= 11 is 0. The highest BCUT2D eigenvalue weighted by Gasteiger charge is 2.26. The van der Waals surface area contributed by atoms with Crippen LogP contribution in [0, 0.1) is 11.8 Å². The van der Waals surface area contributed by atoms with Gasteiger partial charge in [0, 0.05) is 13.6 Å². The first-order chi connectivity index (χ1) is 5.25. The maximum atomic E-state index is 11.2. The fourth-order valence-corrected chi connectivity index (χ4v) is 1.53. The van der Waals surface area contributed by atoms with Crippen LogP contribution in [0.3, 0.4) is 0 Å². The molecule has 0 aromatic rings. The van der Waals surface area contributed by atoms with E-state index < -0.39 is 0 Å². The second kappa shape index (κ2) is 3.72. The van der Waals surface area contributed by atoms with E-state index in [0.29, 0.717) is 5.92 Å². The standard InChI is InChI=1S/C8H16N2O/c1-6-3-4-10-5-7(6)8(11)9-2/h6-7,10H,3-5H2,1-2H3,(H,9,11)/t6-,7+/m0/s1. The molecule has 0 aliphatic carbocycles. The number of hydrogen-bond acceptors (Lipinski definition) is 2. The van der Waals surface area contributed by atoms with E-state index in [4.69, 9.17) is 0 Å². The average molecular weight is 156 g/mol. The van der Waals surface area contributed by atoms with Gasteiger partial charge in [-0.2, -0.15) is 0 Å². The minimum atomic E-state index is 0.171. The Morgan fingerprint density at radius 3 is 2.91 bits per heavy atom. The van der Waals surface area contributed by atoms with Crippen LogP contribution in [0.4, 0.5) is 0 Å². The summed E-state index contributed by atoms with van der Waals surface area (Å²) in [6, 6.07) is 0. The molecule has 3 heteroatoms. The zero-order chi connectivity index (χ0) is 8.27. The molecule has 0 saturated carbocycles. The topological polar surface area (TPSA) is 41.1 Å². The lowest BCUT2D eigenvalue weighted by molar-refractivity contribution is -0.126. The molecule has 11 heavy (non-hydrogen) atoms. The summed E-state index contributed by atoms with van der Waals surface area (Å²) in [6.07, 6.45) is 1.11. The fourth-order valence-electron chi connectivity index (χ4n) is 1.53. The number of piperidine rings is 1. The van der Waals surface area contributed by atoms with Crippen LogP contribution in [-0.4, -0.2) is 26.0 Å². The van der Waals surface area contributed by atoms with Gasteiger partial charge in [0.05, 0.1) is 5.92 Å². The third-order valence-corrected chi connectivity index (χ3v) is 2.41. The van der Waals surface area contributed by atoms with Crippen LogP contribution in [0.15, 0.2) is 0 Å². The third kappa shape index (κ3) is 1.93. The van der Waals surface area contributed by atoms with Crippen molar-refractivity contribution in [2.75, 3.05) is 20.1 Å². The molecule has 0 unspecified atom stereocenters. The summed E-state index contributed by atoms with van der Waals surface area (Å²) in [5, 5.41) is 5.91. The van der Waals surface area contributed by atoms with Gasteiger partial charge in [0.15, 0.2) is 0 Å². The van der Waals surface area contributed by atoms with Gasteiger partial charge in [-0.1, -0.05) is 6.92 Å². The summed E-state index contributed by atoms with van der Waals surface area (Å²) in [5.74, 6) is 0.870. The van der Waals surface area contributed by atoms with E-state index in [1.165, 1.54) is 0 Å². The molecule has 1 fully saturated rings. The van der Waals surface area contributed by atoms with Gasteiger partial charge in [-0.3, -0.25) is 4.79 Å². The molecule has 1 heterocycles. The highest BCUT2D eigenvalue weighted by atomic mass is 16.1. The van der Waals surface area contributed by atoms with E-state index in [9.17, 15) is 4.79 Å². The van der Waals surface area contributed by atoms with Crippen molar-refractivity contribution in [1.29, 1.82) is 0 Å². The summed E-state index contributed by atoms with van der Waals surface area (Å²) in [4.78, 5) is 11.2. The van der Waals surface area contributed by atoms with Gasteiger partial charge in [0.1, 0.15) is 0 Å². The van der Waals surface area contributed by atoms with Crippen molar-refractivity contribution in [3.05, 3.63) is 0 Å². The molecule has 0 radical (unpaired) electrons. The molecule has 1 aliphatic rings. The Hall–Kier alpha value is -0.570. The van der Waals surface area contributed by atoms with Gasteiger partial charge in [0.2, 0.25) is 5.91 Å². The van der Waals surface area contributed by atoms with Crippen LogP contribution in [0.1, 0.15) is 13.3 Å². The Bertz CT molecular complexity index is 147. The number of rotatable bonds is 1. The van der Waals surface area contributed by atoms with Gasteiger partial charge in [0.25, 0.3) is 0 Å². The number of carbonyl (C=O) groups is 1. The molecule has 1 amide bonds. The second-order valence-electron chi connectivity index (χ2n) is 3.19. The maximum Gasteiger partial charge on any atom is 0.224 e. The molecule has 1 saturated heterocycles. The number of carbonyl (C=O) groups excluding carboxylic acids is 1. The van der Waals surface area contributed by atoms with E-state index in [-0.39, 0.29) is 11.8 Å². The van der Waals surface area contributed by atoms with Crippen LogP contribution in [-0.2, 0) is 4.79 Å². The quantitative estimate of drug-likeness (QED) is 0.560. The van der Waals surface area contributed by atoms with Crippen LogP contribution < -0.4 is 10.6 Å². The first-order valence-electron chi connectivity index (χ1n) is 4.18. The molecule has 0 aromatic heterocycles. The molecule has 2 atom stereocenters. The van der Waals surface area contributed by atoms with Gasteiger partial charge in [-0.15, -0.1) is 0 Å². The first-order valence-corrected chi connectivity index (χ1v) is 4.18. The van der Waals surface area contributed by atoms with Crippen LogP contribution in [0.2, 0.25) is 0 Å². The van der Waals surface area contributed by atoms with Gasteiger partial charge in [-0.05, 0) is 18.9 Å². The minimum absolute atomic E-state index is 0.171. The van der Waals surface area contributed by atoms with E-state index in [1.54, 1.807) is 7.05 Å². The zero-order valence-electron chi connectivity index (χ0n) is 7.18. The molecule has 2 N–H and O–H groups in total. The lowest BCUT2D eigenvalue weighted by Crippen LogP contribution is -2.43.